The smallest absolute Gasteiger partial charge is 0.251 e. The van der Waals surface area contributed by atoms with Crippen molar-refractivity contribution in [3.8, 4) is 0 Å². The van der Waals surface area contributed by atoms with Gasteiger partial charge in [-0.25, -0.2) is 0 Å². The van der Waals surface area contributed by atoms with Crippen molar-refractivity contribution >= 4 is 15.9 Å². The van der Waals surface area contributed by atoms with Gasteiger partial charge in [-0.3, -0.25) is 0 Å². The van der Waals surface area contributed by atoms with Gasteiger partial charge >= 0.3 is 0 Å². The predicted octanol–water partition coefficient (Wildman–Crippen LogP) is 2.84. The van der Waals surface area contributed by atoms with Crippen LogP contribution in [0.3, 0.4) is 0 Å². The molecule has 2 aliphatic rings. The minimum Gasteiger partial charge on any atom is -0.497 e. The van der Waals surface area contributed by atoms with E-state index in [4.69, 9.17) is 4.74 Å². The Morgan fingerprint density at radius 1 is 1.56 bits per heavy atom. The summed E-state index contributed by atoms with van der Waals surface area (Å²) in [5.74, 6) is 0.785. The zero-order valence-electron chi connectivity index (χ0n) is 9.24. The molecule has 84 valence electrons. The molecule has 1 atom stereocenters. The van der Waals surface area contributed by atoms with E-state index in [0.29, 0.717) is 0 Å². The topological polar surface area (TPSA) is 29.3 Å². The number of allylic oxidation sites excluding steroid dienone is 3. The molecule has 0 aromatic carbocycles. The van der Waals surface area contributed by atoms with Gasteiger partial charge in [-0.15, -0.1) is 0 Å². The number of nitroso groups, excluding NO2 is 1. The van der Waals surface area contributed by atoms with Gasteiger partial charge in [0, 0.05) is 26.1 Å². The SMILES string of the molecule is COC1=CC2=C(CBr)C(C)=C[N+](=O)C2C=C1. The average Bonchev–Trinajstić information content (AvgIpc) is 2.28. The highest BCUT2D eigenvalue weighted by atomic mass is 79.9. The molecule has 1 heterocycles. The highest BCUT2D eigenvalue weighted by molar-refractivity contribution is 9.09. The van der Waals surface area contributed by atoms with Crippen LogP contribution in [0.5, 0.6) is 0 Å². The molecule has 3 nitrogen and oxygen atoms in total. The van der Waals surface area contributed by atoms with E-state index in [2.05, 4.69) is 15.9 Å². The largest absolute Gasteiger partial charge is 0.497 e. The van der Waals surface area contributed by atoms with Gasteiger partial charge in [-0.05, 0) is 30.7 Å². The molecule has 0 fully saturated rings. The Kier molecular flexibility index (Phi) is 3.10. The fourth-order valence-electron chi connectivity index (χ4n) is 1.95. The lowest BCUT2D eigenvalue weighted by molar-refractivity contribution is -0.500. The molecule has 0 amide bonds. The van der Waals surface area contributed by atoms with Crippen LogP contribution in [0, 0.1) is 4.91 Å². The third-order valence-electron chi connectivity index (χ3n) is 2.85. The fraction of sp³-hybridized carbons (Fsp3) is 0.333. The van der Waals surface area contributed by atoms with Crippen LogP contribution in [0.25, 0.3) is 0 Å². The first-order chi connectivity index (χ1) is 7.67. The highest BCUT2D eigenvalue weighted by Crippen LogP contribution is 2.31. The van der Waals surface area contributed by atoms with Crippen molar-refractivity contribution in [2.45, 2.75) is 13.0 Å². The molecule has 0 N–H and O–H groups in total. The normalized spacial score (nSPS) is 23.9. The molecule has 0 spiro atoms. The van der Waals surface area contributed by atoms with Crippen LogP contribution in [0.4, 0.5) is 0 Å². The third kappa shape index (κ3) is 1.78. The minimum atomic E-state index is -0.213. The summed E-state index contributed by atoms with van der Waals surface area (Å²) < 4.78 is 6.17. The molecule has 2 rings (SSSR count). The van der Waals surface area contributed by atoms with Crippen molar-refractivity contribution < 1.29 is 9.50 Å². The zero-order valence-corrected chi connectivity index (χ0v) is 10.8. The van der Waals surface area contributed by atoms with E-state index in [9.17, 15) is 4.91 Å². The molecule has 16 heavy (non-hydrogen) atoms. The number of rotatable bonds is 2. The third-order valence-corrected chi connectivity index (χ3v) is 3.41. The number of nitrogens with zero attached hydrogens (tertiary/aromatic N) is 1. The van der Waals surface area contributed by atoms with Crippen LogP contribution in [0.1, 0.15) is 6.92 Å². The summed E-state index contributed by atoms with van der Waals surface area (Å²) in [6.07, 6.45) is 7.27. The number of halogens is 1. The monoisotopic (exact) mass is 282 g/mol. The van der Waals surface area contributed by atoms with E-state index in [1.165, 1.54) is 0 Å². The molecule has 0 aromatic rings. The van der Waals surface area contributed by atoms with Gasteiger partial charge in [0.25, 0.3) is 6.04 Å². The lowest BCUT2D eigenvalue weighted by Gasteiger charge is -2.19. The van der Waals surface area contributed by atoms with Crippen LogP contribution >= 0.6 is 15.9 Å². The number of hydrogen-bond donors (Lipinski definition) is 0. The van der Waals surface area contributed by atoms with E-state index in [1.54, 1.807) is 13.3 Å². The molecule has 0 radical (unpaired) electrons. The van der Waals surface area contributed by atoms with E-state index in [1.807, 2.05) is 25.2 Å². The average molecular weight is 283 g/mol. The first-order valence-electron chi connectivity index (χ1n) is 5.04. The van der Waals surface area contributed by atoms with E-state index < -0.39 is 0 Å². The molecule has 0 bridgehead atoms. The fourth-order valence-corrected chi connectivity index (χ4v) is 2.72. The molecule has 1 aliphatic carbocycles. The predicted molar refractivity (Wildman–Crippen MR) is 66.2 cm³/mol. The first-order valence-corrected chi connectivity index (χ1v) is 6.16. The Bertz CT molecular complexity index is 458. The van der Waals surface area contributed by atoms with Crippen molar-refractivity contribution in [1.29, 1.82) is 0 Å². The summed E-state index contributed by atoms with van der Waals surface area (Å²) in [6, 6.07) is -0.213. The quantitative estimate of drug-likeness (QED) is 0.576. The number of hydrogen-bond acceptors (Lipinski definition) is 2. The molecule has 4 heteroatoms. The number of fused-ring (bicyclic) bond motifs is 1. The molecule has 1 aliphatic heterocycles. The van der Waals surface area contributed by atoms with Gasteiger partial charge in [0.1, 0.15) is 5.76 Å². The van der Waals surface area contributed by atoms with Gasteiger partial charge in [0.15, 0.2) is 0 Å². The molecular formula is C12H13BrNO2+. The van der Waals surface area contributed by atoms with Crippen LogP contribution in [-0.2, 0) is 4.74 Å². The maximum Gasteiger partial charge on any atom is 0.251 e. The maximum atomic E-state index is 11.8. The van der Waals surface area contributed by atoms with E-state index >= 15 is 0 Å². The Balaban J connectivity index is 2.53. The van der Waals surface area contributed by atoms with E-state index in [0.717, 1.165) is 32.6 Å². The van der Waals surface area contributed by atoms with Crippen molar-refractivity contribution in [1.82, 2.24) is 0 Å². The van der Waals surface area contributed by atoms with Crippen LogP contribution < -0.4 is 0 Å². The summed E-state index contributed by atoms with van der Waals surface area (Å²) >= 11 is 3.46. The van der Waals surface area contributed by atoms with Gasteiger partial charge in [-0.2, -0.15) is 0 Å². The van der Waals surface area contributed by atoms with Crippen LogP contribution in [-0.4, -0.2) is 23.2 Å². The van der Waals surface area contributed by atoms with Crippen molar-refractivity contribution in [2.24, 2.45) is 0 Å². The van der Waals surface area contributed by atoms with Crippen LogP contribution in [0.2, 0.25) is 0 Å². The summed E-state index contributed by atoms with van der Waals surface area (Å²) in [4.78, 5) is 11.8. The Morgan fingerprint density at radius 2 is 2.31 bits per heavy atom. The molecule has 0 aromatic heterocycles. The van der Waals surface area contributed by atoms with Gasteiger partial charge in [0.2, 0.25) is 6.20 Å². The summed E-state index contributed by atoms with van der Waals surface area (Å²) in [7, 11) is 1.63. The standard InChI is InChI=1S/C12H13BrNO2/c1-8-7-14(15)12-4-3-9(16-2)5-10(12)11(8)6-13/h3-5,7,12H,6H2,1-2H3/q+1. The summed E-state index contributed by atoms with van der Waals surface area (Å²) in [6.45, 7) is 1.95. The summed E-state index contributed by atoms with van der Waals surface area (Å²) in [5.41, 5.74) is 3.18. The number of ether oxygens (including phenoxy) is 1. The summed E-state index contributed by atoms with van der Waals surface area (Å²) in [5, 5.41) is 0.746. The second kappa shape index (κ2) is 4.37. The molecule has 0 saturated heterocycles. The zero-order chi connectivity index (χ0) is 11.7. The van der Waals surface area contributed by atoms with Crippen molar-refractivity contribution in [2.75, 3.05) is 12.4 Å². The van der Waals surface area contributed by atoms with Crippen molar-refractivity contribution in [3.63, 3.8) is 0 Å². The van der Waals surface area contributed by atoms with Gasteiger partial charge in [-0.1, -0.05) is 15.9 Å². The minimum absolute atomic E-state index is 0.213. The Morgan fingerprint density at radius 3 is 2.94 bits per heavy atom. The molecule has 1 unspecified atom stereocenters. The Labute approximate surface area is 103 Å². The van der Waals surface area contributed by atoms with Gasteiger partial charge in [0.05, 0.1) is 7.11 Å². The van der Waals surface area contributed by atoms with Crippen molar-refractivity contribution in [3.05, 3.63) is 51.8 Å². The second-order valence-corrected chi connectivity index (χ2v) is 4.36. The van der Waals surface area contributed by atoms with Crippen LogP contribution in [0.15, 0.2) is 46.9 Å². The molecule has 0 saturated carbocycles. The lowest BCUT2D eigenvalue weighted by Crippen LogP contribution is -2.27. The molecular weight excluding hydrogens is 270 g/mol. The second-order valence-electron chi connectivity index (χ2n) is 3.79. The first kappa shape index (κ1) is 11.3. The van der Waals surface area contributed by atoms with E-state index in [-0.39, 0.29) is 6.04 Å². The Hall–Kier alpha value is -1.16. The van der Waals surface area contributed by atoms with Gasteiger partial charge < -0.3 is 4.74 Å². The number of methoxy groups -OCH3 is 1. The number of alkyl halides is 1. The highest BCUT2D eigenvalue weighted by Gasteiger charge is 2.34. The lowest BCUT2D eigenvalue weighted by atomic mass is 9.90. The maximum absolute atomic E-state index is 11.8.